The SMILES string of the molecule is CCNC(=NCC1(NC(C)c2ccccc2)CCCC1)N1CCC(CC(=O)NC)CC1. The van der Waals surface area contributed by atoms with Crippen LogP contribution in [0.25, 0.3) is 0 Å². The molecular formula is C25H41N5O. The maximum absolute atomic E-state index is 11.7. The zero-order chi connectivity index (χ0) is 22.1. The Morgan fingerprint density at radius 3 is 2.48 bits per heavy atom. The molecule has 1 heterocycles. The number of amides is 1. The van der Waals surface area contributed by atoms with Crippen molar-refractivity contribution in [3.8, 4) is 0 Å². The number of hydrogen-bond donors (Lipinski definition) is 3. The number of carbonyl (C=O) groups excluding carboxylic acids is 1. The standard InChI is InChI=1S/C25H41N5O/c1-4-27-24(30-16-12-21(13-17-30)18-23(31)26-3)28-19-25(14-8-9-15-25)29-20(2)22-10-6-5-7-11-22/h5-7,10-11,20-21,29H,4,8-9,12-19H2,1-3H3,(H,26,31)(H,27,28). The Morgan fingerprint density at radius 2 is 1.87 bits per heavy atom. The van der Waals surface area contributed by atoms with Gasteiger partial charge in [0.1, 0.15) is 0 Å². The molecule has 3 N–H and O–H groups in total. The lowest BCUT2D eigenvalue weighted by Crippen LogP contribution is -2.49. The number of nitrogens with zero attached hydrogens (tertiary/aromatic N) is 2. The third kappa shape index (κ3) is 6.70. The number of aliphatic imine (C=N–C) groups is 1. The summed E-state index contributed by atoms with van der Waals surface area (Å²) in [5.74, 6) is 1.66. The molecule has 1 atom stereocenters. The van der Waals surface area contributed by atoms with E-state index in [1.54, 1.807) is 7.05 Å². The molecule has 1 unspecified atom stereocenters. The highest BCUT2D eigenvalue weighted by Gasteiger charge is 2.35. The van der Waals surface area contributed by atoms with Gasteiger partial charge in [0.15, 0.2) is 5.96 Å². The Balaban J connectivity index is 1.63. The summed E-state index contributed by atoms with van der Waals surface area (Å²) in [6.07, 6.45) is 7.64. The molecule has 1 aliphatic heterocycles. The van der Waals surface area contributed by atoms with Crippen LogP contribution < -0.4 is 16.0 Å². The molecule has 2 aliphatic rings. The van der Waals surface area contributed by atoms with Crippen LogP contribution in [0.5, 0.6) is 0 Å². The maximum atomic E-state index is 11.7. The van der Waals surface area contributed by atoms with E-state index in [0.717, 1.165) is 45.0 Å². The van der Waals surface area contributed by atoms with E-state index in [0.29, 0.717) is 18.4 Å². The maximum Gasteiger partial charge on any atom is 0.220 e. The Bertz CT molecular complexity index is 706. The normalized spacial score (nSPS) is 20.5. The summed E-state index contributed by atoms with van der Waals surface area (Å²) in [4.78, 5) is 19.2. The second kappa shape index (κ2) is 11.5. The predicted molar refractivity (Wildman–Crippen MR) is 128 cm³/mol. The number of nitrogens with one attached hydrogen (secondary N) is 3. The van der Waals surface area contributed by atoms with E-state index in [1.165, 1.54) is 31.2 Å². The van der Waals surface area contributed by atoms with Crippen molar-refractivity contribution in [3.05, 3.63) is 35.9 Å². The number of rotatable bonds is 8. The van der Waals surface area contributed by atoms with Crippen LogP contribution in [0.4, 0.5) is 0 Å². The summed E-state index contributed by atoms with van der Waals surface area (Å²) in [5.41, 5.74) is 1.41. The van der Waals surface area contributed by atoms with Crippen molar-refractivity contribution in [1.29, 1.82) is 0 Å². The lowest BCUT2D eigenvalue weighted by Gasteiger charge is -2.36. The molecule has 0 aromatic heterocycles. The Morgan fingerprint density at radius 1 is 1.19 bits per heavy atom. The van der Waals surface area contributed by atoms with E-state index in [1.807, 2.05) is 0 Å². The largest absolute Gasteiger partial charge is 0.359 e. The van der Waals surface area contributed by atoms with Crippen LogP contribution in [-0.2, 0) is 4.79 Å². The molecule has 1 saturated heterocycles. The van der Waals surface area contributed by atoms with Crippen LogP contribution in [0.3, 0.4) is 0 Å². The van der Waals surface area contributed by atoms with Gasteiger partial charge in [0.25, 0.3) is 0 Å². The fraction of sp³-hybridized carbons (Fsp3) is 0.680. The number of likely N-dealkylation sites (tertiary alicyclic amines) is 1. The minimum absolute atomic E-state index is 0.0769. The van der Waals surface area contributed by atoms with Crippen molar-refractivity contribution in [3.63, 3.8) is 0 Å². The highest BCUT2D eigenvalue weighted by Crippen LogP contribution is 2.33. The summed E-state index contributed by atoms with van der Waals surface area (Å²) in [6, 6.07) is 11.0. The average Bonchev–Trinajstić information content (AvgIpc) is 3.26. The fourth-order valence-corrected chi connectivity index (χ4v) is 5.05. The smallest absolute Gasteiger partial charge is 0.220 e. The molecule has 6 nitrogen and oxygen atoms in total. The summed E-state index contributed by atoms with van der Waals surface area (Å²) in [6.45, 7) is 8.02. The minimum atomic E-state index is 0.0769. The molecule has 1 amide bonds. The topological polar surface area (TPSA) is 68.8 Å². The van der Waals surface area contributed by atoms with Crippen molar-refractivity contribution >= 4 is 11.9 Å². The first-order chi connectivity index (χ1) is 15.0. The highest BCUT2D eigenvalue weighted by molar-refractivity contribution is 5.80. The van der Waals surface area contributed by atoms with Crippen LogP contribution in [0.15, 0.2) is 35.3 Å². The average molecular weight is 428 g/mol. The predicted octanol–water partition coefficient (Wildman–Crippen LogP) is 3.46. The second-order valence-electron chi connectivity index (χ2n) is 9.24. The molecule has 0 radical (unpaired) electrons. The van der Waals surface area contributed by atoms with Gasteiger partial charge in [-0.15, -0.1) is 0 Å². The van der Waals surface area contributed by atoms with Crippen LogP contribution in [0.2, 0.25) is 0 Å². The molecule has 0 spiro atoms. The number of piperidine rings is 1. The highest BCUT2D eigenvalue weighted by atomic mass is 16.1. The molecule has 1 aromatic carbocycles. The number of carbonyl (C=O) groups is 1. The van der Waals surface area contributed by atoms with Gasteiger partial charge in [-0.25, -0.2) is 0 Å². The van der Waals surface area contributed by atoms with E-state index in [-0.39, 0.29) is 11.4 Å². The van der Waals surface area contributed by atoms with Gasteiger partial charge in [0, 0.05) is 44.7 Å². The van der Waals surface area contributed by atoms with Crippen molar-refractivity contribution in [2.75, 3.05) is 33.2 Å². The molecule has 6 heteroatoms. The van der Waals surface area contributed by atoms with Crippen LogP contribution >= 0.6 is 0 Å². The first-order valence-corrected chi connectivity index (χ1v) is 12.1. The lowest BCUT2D eigenvalue weighted by molar-refractivity contribution is -0.121. The van der Waals surface area contributed by atoms with Gasteiger partial charge in [0.05, 0.1) is 6.54 Å². The first-order valence-electron chi connectivity index (χ1n) is 12.1. The molecule has 172 valence electrons. The third-order valence-corrected chi connectivity index (χ3v) is 6.92. The molecule has 1 aromatic rings. The number of benzene rings is 1. The van der Waals surface area contributed by atoms with E-state index < -0.39 is 0 Å². The first kappa shape index (κ1) is 23.6. The quantitative estimate of drug-likeness (QED) is 0.439. The zero-order valence-corrected chi connectivity index (χ0v) is 19.6. The van der Waals surface area contributed by atoms with Crippen LogP contribution in [-0.4, -0.2) is 55.5 Å². The van der Waals surface area contributed by atoms with Gasteiger partial charge in [-0.1, -0.05) is 43.2 Å². The number of guanidine groups is 1. The van der Waals surface area contributed by atoms with Crippen molar-refractivity contribution in [2.24, 2.45) is 10.9 Å². The summed E-state index contributed by atoms with van der Waals surface area (Å²) in [5, 5.41) is 10.2. The van der Waals surface area contributed by atoms with Crippen molar-refractivity contribution in [1.82, 2.24) is 20.9 Å². The zero-order valence-electron chi connectivity index (χ0n) is 19.6. The van der Waals surface area contributed by atoms with Crippen LogP contribution in [0, 0.1) is 5.92 Å². The summed E-state index contributed by atoms with van der Waals surface area (Å²) >= 11 is 0. The molecule has 1 saturated carbocycles. The van der Waals surface area contributed by atoms with Gasteiger partial charge >= 0.3 is 0 Å². The van der Waals surface area contributed by atoms with E-state index in [4.69, 9.17) is 4.99 Å². The second-order valence-corrected chi connectivity index (χ2v) is 9.24. The third-order valence-electron chi connectivity index (χ3n) is 6.92. The fourth-order valence-electron chi connectivity index (χ4n) is 5.05. The molecule has 1 aliphatic carbocycles. The van der Waals surface area contributed by atoms with Crippen molar-refractivity contribution in [2.45, 2.75) is 70.4 Å². The van der Waals surface area contributed by atoms with Gasteiger partial charge in [-0.05, 0) is 51.0 Å². The van der Waals surface area contributed by atoms with E-state index >= 15 is 0 Å². The molecule has 2 fully saturated rings. The summed E-state index contributed by atoms with van der Waals surface area (Å²) < 4.78 is 0. The van der Waals surface area contributed by atoms with Crippen molar-refractivity contribution < 1.29 is 4.79 Å². The minimum Gasteiger partial charge on any atom is -0.359 e. The molecule has 31 heavy (non-hydrogen) atoms. The summed E-state index contributed by atoms with van der Waals surface area (Å²) in [7, 11) is 1.72. The Hall–Kier alpha value is -2.08. The Labute approximate surface area is 188 Å². The van der Waals surface area contributed by atoms with E-state index in [9.17, 15) is 4.79 Å². The van der Waals surface area contributed by atoms with Gasteiger partial charge < -0.3 is 20.9 Å². The van der Waals surface area contributed by atoms with Gasteiger partial charge in [0.2, 0.25) is 5.91 Å². The van der Waals surface area contributed by atoms with Gasteiger partial charge in [-0.2, -0.15) is 0 Å². The number of hydrogen-bond acceptors (Lipinski definition) is 3. The molecular weight excluding hydrogens is 386 g/mol. The lowest BCUT2D eigenvalue weighted by atomic mass is 9.93. The Kier molecular flexibility index (Phi) is 8.76. The van der Waals surface area contributed by atoms with Crippen LogP contribution in [0.1, 0.15) is 70.4 Å². The molecule has 3 rings (SSSR count). The monoisotopic (exact) mass is 427 g/mol. The molecule has 0 bridgehead atoms. The van der Waals surface area contributed by atoms with Gasteiger partial charge in [-0.3, -0.25) is 9.79 Å². The van der Waals surface area contributed by atoms with E-state index in [2.05, 4.69) is 65.0 Å².